The monoisotopic (exact) mass is 418 g/mol. The topological polar surface area (TPSA) is 41.1 Å². The summed E-state index contributed by atoms with van der Waals surface area (Å²) >= 11 is 8.17. The molecule has 1 aromatic carbocycles. The van der Waals surface area contributed by atoms with Crippen molar-refractivity contribution in [1.82, 2.24) is 10.0 Å². The van der Waals surface area contributed by atoms with Crippen LogP contribution < -0.4 is 10.0 Å². The fraction of sp³-hybridized carbons (Fsp3) is 0.462. The van der Waals surface area contributed by atoms with Crippen molar-refractivity contribution >= 4 is 46.4 Å². The zero-order chi connectivity index (χ0) is 16.8. The molecule has 1 aromatic rings. The summed E-state index contributed by atoms with van der Waals surface area (Å²) in [7, 11) is 0. The number of carbonyl (C=O) groups excluding carboxylic acids is 1. The number of nitrogens with one attached hydrogen (secondary N) is 2. The minimum Gasteiger partial charge on any atom is -0.355 e. The van der Waals surface area contributed by atoms with Gasteiger partial charge in [-0.1, -0.05) is 46.9 Å². The SMILES string of the molecule is Brc1ccccc1.FC(F)(F)CNS.O=C1CSCCCN1. The number of benzene rings is 1. The van der Waals surface area contributed by atoms with Gasteiger partial charge in [0.05, 0.1) is 5.75 Å². The second-order valence-electron chi connectivity index (χ2n) is 4.00. The van der Waals surface area contributed by atoms with Crippen LogP contribution in [0.3, 0.4) is 0 Å². The van der Waals surface area contributed by atoms with Crippen molar-refractivity contribution in [1.29, 1.82) is 0 Å². The van der Waals surface area contributed by atoms with E-state index in [0.29, 0.717) is 5.75 Å². The van der Waals surface area contributed by atoms with Crippen LogP contribution in [0.4, 0.5) is 13.2 Å². The summed E-state index contributed by atoms with van der Waals surface area (Å²) in [5.41, 5.74) is 0. The number of alkyl halides is 3. The van der Waals surface area contributed by atoms with Gasteiger partial charge in [0.15, 0.2) is 0 Å². The van der Waals surface area contributed by atoms with Crippen LogP contribution >= 0.6 is 40.5 Å². The predicted octanol–water partition coefficient (Wildman–Crippen LogP) is 3.67. The molecule has 0 bridgehead atoms. The van der Waals surface area contributed by atoms with E-state index in [-0.39, 0.29) is 5.91 Å². The Kier molecular flexibility index (Phi) is 12.9. The Balaban J connectivity index is 0.000000302. The lowest BCUT2D eigenvalue weighted by Gasteiger charge is -2.00. The number of carbonyl (C=O) groups is 1. The van der Waals surface area contributed by atoms with Crippen LogP contribution in [-0.2, 0) is 4.79 Å². The third-order valence-electron chi connectivity index (χ3n) is 2.03. The van der Waals surface area contributed by atoms with Crippen molar-refractivity contribution in [3.05, 3.63) is 34.8 Å². The molecule has 1 aliphatic rings. The normalized spacial score (nSPS) is 14.5. The van der Waals surface area contributed by atoms with E-state index in [9.17, 15) is 18.0 Å². The van der Waals surface area contributed by atoms with Gasteiger partial charge >= 0.3 is 6.18 Å². The molecule has 1 heterocycles. The van der Waals surface area contributed by atoms with Gasteiger partial charge in [0, 0.05) is 11.0 Å². The maximum absolute atomic E-state index is 10.9. The summed E-state index contributed by atoms with van der Waals surface area (Å²) in [5.74, 6) is 1.96. The highest BCUT2D eigenvalue weighted by Crippen LogP contribution is 2.11. The molecule has 22 heavy (non-hydrogen) atoms. The van der Waals surface area contributed by atoms with Crippen LogP contribution in [0, 0.1) is 0 Å². The molecule has 1 saturated heterocycles. The van der Waals surface area contributed by atoms with Crippen LogP contribution in [0.2, 0.25) is 0 Å². The van der Waals surface area contributed by atoms with Gasteiger partial charge in [-0.2, -0.15) is 24.9 Å². The zero-order valence-corrected chi connectivity index (χ0v) is 15.0. The molecule has 0 aromatic heterocycles. The van der Waals surface area contributed by atoms with Gasteiger partial charge in [0.1, 0.15) is 6.54 Å². The molecular weight excluding hydrogens is 401 g/mol. The van der Waals surface area contributed by atoms with Gasteiger partial charge in [-0.25, -0.2) is 0 Å². The van der Waals surface area contributed by atoms with Crippen LogP contribution in [0.15, 0.2) is 34.8 Å². The fourth-order valence-corrected chi connectivity index (χ4v) is 2.39. The van der Waals surface area contributed by atoms with Gasteiger partial charge in [-0.15, -0.1) is 0 Å². The average molecular weight is 419 g/mol. The van der Waals surface area contributed by atoms with Gasteiger partial charge in [0.2, 0.25) is 5.91 Å². The average Bonchev–Trinajstić information content (AvgIpc) is 2.67. The number of hydrogen-bond donors (Lipinski definition) is 3. The summed E-state index contributed by atoms with van der Waals surface area (Å²) in [6, 6.07) is 9.97. The molecule has 0 atom stereocenters. The Morgan fingerprint density at radius 3 is 2.36 bits per heavy atom. The minimum atomic E-state index is -4.14. The van der Waals surface area contributed by atoms with Crippen LogP contribution in [0.5, 0.6) is 0 Å². The molecule has 126 valence electrons. The van der Waals surface area contributed by atoms with Crippen LogP contribution in [0.25, 0.3) is 0 Å². The number of thiol groups is 1. The quantitative estimate of drug-likeness (QED) is 0.609. The molecule has 0 saturated carbocycles. The molecule has 1 aliphatic heterocycles. The highest BCUT2D eigenvalue weighted by atomic mass is 79.9. The maximum Gasteiger partial charge on any atom is 0.401 e. The number of thioether (sulfide) groups is 1. The molecule has 0 spiro atoms. The van der Waals surface area contributed by atoms with Gasteiger partial charge in [0.25, 0.3) is 0 Å². The predicted molar refractivity (Wildman–Crippen MR) is 92.1 cm³/mol. The molecule has 1 fully saturated rings. The first-order valence-corrected chi connectivity index (χ1v) is 8.73. The molecular formula is C13H18BrF3N2OS2. The van der Waals surface area contributed by atoms with E-state index in [1.54, 1.807) is 16.5 Å². The van der Waals surface area contributed by atoms with E-state index in [4.69, 9.17) is 0 Å². The lowest BCUT2D eigenvalue weighted by Crippen LogP contribution is -2.23. The number of halogens is 4. The molecule has 2 N–H and O–H groups in total. The largest absolute Gasteiger partial charge is 0.401 e. The highest BCUT2D eigenvalue weighted by molar-refractivity contribution is 9.10. The third kappa shape index (κ3) is 16.0. The molecule has 2 rings (SSSR count). The van der Waals surface area contributed by atoms with Crippen molar-refractivity contribution in [3.8, 4) is 0 Å². The number of rotatable bonds is 1. The number of hydrogen-bond acceptors (Lipinski definition) is 4. The van der Waals surface area contributed by atoms with E-state index in [1.165, 1.54) is 0 Å². The Hall–Kier alpha value is -0.380. The molecule has 0 radical (unpaired) electrons. The summed E-state index contributed by atoms with van der Waals surface area (Å²) in [5, 5.41) is 2.78. The molecule has 1 amide bonds. The van der Waals surface area contributed by atoms with Gasteiger partial charge < -0.3 is 5.32 Å². The fourth-order valence-electron chi connectivity index (χ4n) is 1.12. The summed E-state index contributed by atoms with van der Waals surface area (Å²) in [6.45, 7) is -0.179. The lowest BCUT2D eigenvalue weighted by atomic mass is 10.4. The summed E-state index contributed by atoms with van der Waals surface area (Å²) in [4.78, 5) is 10.6. The summed E-state index contributed by atoms with van der Waals surface area (Å²) < 4.78 is 35.6. The van der Waals surface area contributed by atoms with Crippen molar-refractivity contribution in [2.24, 2.45) is 0 Å². The molecule has 0 unspecified atom stereocenters. The van der Waals surface area contributed by atoms with Gasteiger partial charge in [-0.3, -0.25) is 9.52 Å². The lowest BCUT2D eigenvalue weighted by molar-refractivity contribution is -0.121. The standard InChI is InChI=1S/C6H5Br.C5H9NOS.C2H4F3NS/c7-6-4-2-1-3-5-6;7-5-4-8-3-1-2-6-5;3-2(4,5)1-6-7/h1-5H;1-4H2,(H,6,7);6-7H,1H2. The Morgan fingerprint density at radius 1 is 1.32 bits per heavy atom. The van der Waals surface area contributed by atoms with Crippen molar-refractivity contribution in [3.63, 3.8) is 0 Å². The second kappa shape index (κ2) is 13.1. The van der Waals surface area contributed by atoms with Crippen molar-refractivity contribution in [2.75, 3.05) is 24.6 Å². The summed E-state index contributed by atoms with van der Waals surface area (Å²) in [6.07, 6.45) is -3.02. The highest BCUT2D eigenvalue weighted by Gasteiger charge is 2.25. The molecule has 9 heteroatoms. The van der Waals surface area contributed by atoms with Crippen LogP contribution in [0.1, 0.15) is 6.42 Å². The van der Waals surface area contributed by atoms with E-state index in [0.717, 1.165) is 23.2 Å². The Labute approximate surface area is 146 Å². The minimum absolute atomic E-state index is 0.188. The van der Waals surface area contributed by atoms with Crippen molar-refractivity contribution < 1.29 is 18.0 Å². The third-order valence-corrected chi connectivity index (χ3v) is 3.76. The molecule has 3 nitrogen and oxygen atoms in total. The first-order chi connectivity index (χ1) is 10.3. The smallest absolute Gasteiger partial charge is 0.355 e. The van der Waals surface area contributed by atoms with E-state index in [2.05, 4.69) is 34.1 Å². The second-order valence-corrected chi connectivity index (χ2v) is 6.34. The Morgan fingerprint density at radius 2 is 1.95 bits per heavy atom. The van der Waals surface area contributed by atoms with E-state index < -0.39 is 12.7 Å². The molecule has 0 aliphatic carbocycles. The van der Waals surface area contributed by atoms with Gasteiger partial charge in [-0.05, 0) is 24.3 Å². The zero-order valence-electron chi connectivity index (χ0n) is 11.7. The van der Waals surface area contributed by atoms with E-state index in [1.807, 2.05) is 30.3 Å². The first-order valence-electron chi connectivity index (χ1n) is 6.34. The van der Waals surface area contributed by atoms with E-state index >= 15 is 0 Å². The first kappa shape index (κ1) is 21.6. The number of amides is 1. The Bertz CT molecular complexity index is 398. The van der Waals surface area contributed by atoms with Crippen molar-refractivity contribution in [2.45, 2.75) is 12.6 Å². The maximum atomic E-state index is 10.9. The van der Waals surface area contributed by atoms with Crippen LogP contribution in [-0.4, -0.2) is 36.7 Å².